The summed E-state index contributed by atoms with van der Waals surface area (Å²) in [5.41, 5.74) is 1.95. The van der Waals surface area contributed by atoms with Crippen LogP contribution in [0.25, 0.3) is 21.8 Å². The van der Waals surface area contributed by atoms with Crippen molar-refractivity contribution in [3.05, 3.63) is 72.7 Å². The number of aromatic nitrogens is 1. The molecule has 2 unspecified atom stereocenters. The van der Waals surface area contributed by atoms with Crippen molar-refractivity contribution in [2.75, 3.05) is 12.3 Å². The first-order valence-corrected chi connectivity index (χ1v) is 10.9. The molecule has 0 aliphatic heterocycles. The highest BCUT2D eigenvalue weighted by atomic mass is 32.2. The van der Waals surface area contributed by atoms with Gasteiger partial charge in [0.05, 0.1) is 25.5 Å². The molecule has 1 N–H and O–H groups in total. The van der Waals surface area contributed by atoms with Crippen LogP contribution in [-0.2, 0) is 24.5 Å². The lowest BCUT2D eigenvalue weighted by atomic mass is 10.2. The van der Waals surface area contributed by atoms with E-state index in [1.807, 2.05) is 53.1 Å². The lowest BCUT2D eigenvalue weighted by molar-refractivity contribution is 0.124. The molecule has 0 bridgehead atoms. The quantitative estimate of drug-likeness (QED) is 0.403. The fraction of sp³-hybridized carbons (Fsp3) is 0.273. The number of halogens is 2. The average Bonchev–Trinajstić information content (AvgIpc) is 3.34. The monoisotopic (exact) mass is 432 g/mol. The van der Waals surface area contributed by atoms with Crippen molar-refractivity contribution in [3.63, 3.8) is 0 Å². The van der Waals surface area contributed by atoms with E-state index in [0.29, 0.717) is 5.76 Å². The van der Waals surface area contributed by atoms with E-state index in [9.17, 15) is 18.4 Å². The molecule has 2 aromatic heterocycles. The summed E-state index contributed by atoms with van der Waals surface area (Å²) < 4.78 is 46.7. The number of furan rings is 1. The molecular formula is C22H22F2N2O3S. The van der Waals surface area contributed by atoms with Crippen molar-refractivity contribution >= 4 is 33.2 Å². The molecule has 158 valence electrons. The van der Waals surface area contributed by atoms with Gasteiger partial charge in [0.15, 0.2) is 5.75 Å². The van der Waals surface area contributed by atoms with E-state index < -0.39 is 29.6 Å². The Kier molecular flexibility index (Phi) is 6.38. The molecule has 0 amide bonds. The van der Waals surface area contributed by atoms with Crippen LogP contribution in [0.15, 0.2) is 71.3 Å². The normalized spacial score (nSPS) is 14.2. The summed E-state index contributed by atoms with van der Waals surface area (Å²) >= 11 is -1.94. The Morgan fingerprint density at radius 1 is 1.00 bits per heavy atom. The lowest BCUT2D eigenvalue weighted by Gasteiger charge is -2.26. The van der Waals surface area contributed by atoms with Gasteiger partial charge in [-0.25, -0.2) is 8.78 Å². The Morgan fingerprint density at radius 3 is 2.20 bits per heavy atom. The van der Waals surface area contributed by atoms with E-state index in [-0.39, 0.29) is 19.6 Å². The first-order chi connectivity index (χ1) is 14.5. The van der Waals surface area contributed by atoms with Gasteiger partial charge in [-0.1, -0.05) is 36.4 Å². The fourth-order valence-electron chi connectivity index (χ4n) is 3.71. The van der Waals surface area contributed by atoms with Gasteiger partial charge in [0.25, 0.3) is 6.43 Å². The third-order valence-electron chi connectivity index (χ3n) is 4.96. The largest absolute Gasteiger partial charge is 0.598 e. The predicted molar refractivity (Wildman–Crippen MR) is 114 cm³/mol. The third kappa shape index (κ3) is 4.52. The number of benzene rings is 2. The molecule has 0 radical (unpaired) electrons. The van der Waals surface area contributed by atoms with Crippen molar-refractivity contribution < 1.29 is 22.9 Å². The smallest absolute Gasteiger partial charge is 0.284 e. The van der Waals surface area contributed by atoms with Crippen LogP contribution in [0.3, 0.4) is 0 Å². The minimum absolute atomic E-state index is 0.0269. The maximum absolute atomic E-state index is 12.8. The van der Waals surface area contributed by atoms with Gasteiger partial charge in [0.1, 0.15) is 12.3 Å². The zero-order valence-electron chi connectivity index (χ0n) is 16.2. The highest BCUT2D eigenvalue weighted by Crippen LogP contribution is 2.29. The molecule has 0 aliphatic rings. The van der Waals surface area contributed by atoms with E-state index in [1.165, 1.54) is 10.6 Å². The van der Waals surface area contributed by atoms with Crippen LogP contribution in [0.5, 0.6) is 0 Å². The van der Waals surface area contributed by atoms with Gasteiger partial charge < -0.3 is 18.6 Å². The highest BCUT2D eigenvalue weighted by molar-refractivity contribution is 7.89. The Hall–Kier alpha value is -2.39. The molecule has 5 nitrogen and oxygen atoms in total. The van der Waals surface area contributed by atoms with Crippen LogP contribution in [0.4, 0.5) is 8.78 Å². The van der Waals surface area contributed by atoms with Crippen LogP contribution < -0.4 is 0 Å². The molecule has 2 heterocycles. The lowest BCUT2D eigenvalue weighted by Crippen LogP contribution is -2.40. The summed E-state index contributed by atoms with van der Waals surface area (Å²) in [5.74, 6) is -0.273. The number of nitrogens with zero attached hydrogens (tertiary/aromatic N) is 2. The van der Waals surface area contributed by atoms with Crippen LogP contribution in [0.2, 0.25) is 0 Å². The summed E-state index contributed by atoms with van der Waals surface area (Å²) in [7, 11) is 0. The first kappa shape index (κ1) is 20.9. The number of alkyl halides is 2. The van der Waals surface area contributed by atoms with Gasteiger partial charge in [-0.2, -0.15) is 0 Å². The van der Waals surface area contributed by atoms with Gasteiger partial charge in [-0.3, -0.25) is 0 Å². The molecule has 0 spiro atoms. The second-order valence-electron chi connectivity index (χ2n) is 7.08. The van der Waals surface area contributed by atoms with E-state index in [4.69, 9.17) is 4.42 Å². The molecule has 30 heavy (non-hydrogen) atoms. The Balaban J connectivity index is 1.57. The molecule has 4 aromatic rings. The van der Waals surface area contributed by atoms with Crippen LogP contribution in [-0.4, -0.2) is 43.4 Å². The molecule has 8 heteroatoms. The Bertz CT molecular complexity index is 1050. The SMILES string of the molecule is [O-][S+](CC(F)F)N(Cc1ccco1)CC(O)Cn1c2ccccc2c2ccccc21. The van der Waals surface area contributed by atoms with Gasteiger partial charge >= 0.3 is 0 Å². The minimum Gasteiger partial charge on any atom is -0.598 e. The van der Waals surface area contributed by atoms with E-state index in [2.05, 4.69) is 0 Å². The Labute approximate surface area is 175 Å². The Morgan fingerprint density at radius 2 is 1.63 bits per heavy atom. The predicted octanol–water partition coefficient (Wildman–Crippen LogP) is 4.18. The molecule has 4 rings (SSSR count). The number of hydrogen-bond acceptors (Lipinski definition) is 4. The number of hydrogen-bond donors (Lipinski definition) is 1. The summed E-state index contributed by atoms with van der Waals surface area (Å²) in [4.78, 5) is 0. The van der Waals surface area contributed by atoms with Crippen LogP contribution >= 0.6 is 0 Å². The average molecular weight is 432 g/mol. The number of para-hydroxylation sites is 2. The van der Waals surface area contributed by atoms with Crippen molar-refractivity contribution in [1.82, 2.24) is 8.87 Å². The number of rotatable bonds is 9. The van der Waals surface area contributed by atoms with Gasteiger partial charge in [-0.05, 0) is 24.3 Å². The second kappa shape index (κ2) is 9.18. The molecule has 0 aliphatic carbocycles. The zero-order valence-corrected chi connectivity index (χ0v) is 17.0. The summed E-state index contributed by atoms with van der Waals surface area (Å²) in [5, 5.41) is 13.0. The number of fused-ring (bicyclic) bond motifs is 3. The fourth-order valence-corrected chi connectivity index (χ4v) is 4.75. The van der Waals surface area contributed by atoms with Crippen molar-refractivity contribution in [2.45, 2.75) is 25.6 Å². The highest BCUT2D eigenvalue weighted by Gasteiger charge is 2.28. The molecule has 2 aromatic carbocycles. The third-order valence-corrected chi connectivity index (χ3v) is 6.35. The van der Waals surface area contributed by atoms with Crippen molar-refractivity contribution in [3.8, 4) is 0 Å². The van der Waals surface area contributed by atoms with E-state index >= 15 is 0 Å². The van der Waals surface area contributed by atoms with Crippen LogP contribution in [0, 0.1) is 0 Å². The zero-order chi connectivity index (χ0) is 21.1. The van der Waals surface area contributed by atoms with Gasteiger partial charge in [-0.15, -0.1) is 4.31 Å². The maximum atomic E-state index is 12.8. The van der Waals surface area contributed by atoms with Gasteiger partial charge in [0, 0.05) is 33.2 Å². The van der Waals surface area contributed by atoms with Crippen LogP contribution in [0.1, 0.15) is 5.76 Å². The van der Waals surface area contributed by atoms with Crippen molar-refractivity contribution in [1.29, 1.82) is 0 Å². The molecule has 2 atom stereocenters. The number of aliphatic hydroxyl groups excluding tert-OH is 1. The summed E-state index contributed by atoms with van der Waals surface area (Å²) in [6, 6.07) is 19.2. The summed E-state index contributed by atoms with van der Waals surface area (Å²) in [6.45, 7) is 0.298. The van der Waals surface area contributed by atoms with E-state index in [1.54, 1.807) is 12.1 Å². The maximum Gasteiger partial charge on any atom is 0.284 e. The summed E-state index contributed by atoms with van der Waals surface area (Å²) in [6.07, 6.45) is -2.14. The topological polar surface area (TPSA) is 64.6 Å². The number of aliphatic hydroxyl groups is 1. The second-order valence-corrected chi connectivity index (χ2v) is 8.57. The molecule has 0 fully saturated rings. The van der Waals surface area contributed by atoms with E-state index in [0.717, 1.165) is 21.8 Å². The molecule has 0 saturated heterocycles. The first-order valence-electron chi connectivity index (χ1n) is 9.61. The molecular weight excluding hydrogens is 410 g/mol. The van der Waals surface area contributed by atoms with Crippen molar-refractivity contribution in [2.24, 2.45) is 0 Å². The minimum atomic E-state index is -2.69. The molecule has 0 saturated carbocycles. The standard InChI is InChI=1S/C22H22F2N2O3S/c23-22(24)15-30(28)25(14-17-6-5-11-29-17)12-16(27)13-26-20-9-3-1-7-18(20)19-8-2-4-10-21(19)26/h1-11,16,22,27H,12-15H2. The van der Waals surface area contributed by atoms with Gasteiger partial charge in [0.2, 0.25) is 0 Å².